The van der Waals surface area contributed by atoms with Gasteiger partial charge in [-0.1, -0.05) is 23.7 Å². The summed E-state index contributed by atoms with van der Waals surface area (Å²) in [5, 5.41) is 8.99. The van der Waals surface area contributed by atoms with Gasteiger partial charge in [-0.05, 0) is 49.2 Å². The van der Waals surface area contributed by atoms with Crippen molar-refractivity contribution in [3.05, 3.63) is 63.9 Å². The Morgan fingerprint density at radius 3 is 2.50 bits per heavy atom. The zero-order chi connectivity index (χ0) is 20.7. The van der Waals surface area contributed by atoms with Gasteiger partial charge in [0.05, 0.1) is 18.9 Å². The van der Waals surface area contributed by atoms with Gasteiger partial charge in [0.1, 0.15) is 5.82 Å². The van der Waals surface area contributed by atoms with Crippen LogP contribution >= 0.6 is 11.6 Å². The number of benzene rings is 2. The van der Waals surface area contributed by atoms with Gasteiger partial charge in [-0.25, -0.2) is 4.39 Å². The lowest BCUT2D eigenvalue weighted by Crippen LogP contribution is -2.35. The molecule has 1 amide bonds. The number of carbonyl (C=O) groups is 2. The molecule has 2 aromatic rings. The van der Waals surface area contributed by atoms with Crippen LogP contribution in [0.25, 0.3) is 0 Å². The number of anilines is 1. The van der Waals surface area contributed by atoms with E-state index in [1.54, 1.807) is 0 Å². The van der Waals surface area contributed by atoms with E-state index in [0.29, 0.717) is 5.69 Å². The number of hydrogen-bond donors (Lipinski definition) is 0. The SMILES string of the molecule is Cc1cc(C)cc(N(CCC#N)C(=O)COC(=O)Cc2c(F)cccc2Cl)c1. The maximum absolute atomic E-state index is 13.8. The number of ether oxygens (including phenoxy) is 1. The summed E-state index contributed by atoms with van der Waals surface area (Å²) < 4.78 is 18.8. The summed E-state index contributed by atoms with van der Waals surface area (Å²) in [7, 11) is 0. The molecule has 0 saturated heterocycles. The van der Waals surface area contributed by atoms with Crippen molar-refractivity contribution < 1.29 is 18.7 Å². The van der Waals surface area contributed by atoms with Crippen molar-refractivity contribution in [1.82, 2.24) is 0 Å². The number of nitriles is 1. The van der Waals surface area contributed by atoms with Crippen LogP contribution in [0, 0.1) is 31.0 Å². The summed E-state index contributed by atoms with van der Waals surface area (Å²) in [4.78, 5) is 26.0. The molecule has 0 aromatic heterocycles. The van der Waals surface area contributed by atoms with Crippen LogP contribution in [0.5, 0.6) is 0 Å². The molecule has 0 N–H and O–H groups in total. The first-order valence-electron chi connectivity index (χ1n) is 8.66. The fourth-order valence-corrected chi connectivity index (χ4v) is 3.01. The third-order valence-electron chi connectivity index (χ3n) is 4.01. The van der Waals surface area contributed by atoms with Crippen LogP contribution in [0.4, 0.5) is 10.1 Å². The van der Waals surface area contributed by atoms with Gasteiger partial charge >= 0.3 is 5.97 Å². The Bertz CT molecular complexity index is 884. The average Bonchev–Trinajstić information content (AvgIpc) is 2.62. The van der Waals surface area contributed by atoms with Crippen LogP contribution < -0.4 is 4.90 Å². The molecule has 7 heteroatoms. The molecule has 0 fully saturated rings. The van der Waals surface area contributed by atoms with E-state index in [1.807, 2.05) is 38.1 Å². The van der Waals surface area contributed by atoms with Gasteiger partial charge in [-0.2, -0.15) is 5.26 Å². The minimum absolute atomic E-state index is 0.0252. The van der Waals surface area contributed by atoms with Gasteiger partial charge in [0.15, 0.2) is 6.61 Å². The Kier molecular flexibility index (Phi) is 7.53. The lowest BCUT2D eigenvalue weighted by atomic mass is 10.1. The molecule has 0 saturated carbocycles. The molecule has 0 aliphatic rings. The molecule has 0 radical (unpaired) electrons. The molecule has 2 aromatic carbocycles. The monoisotopic (exact) mass is 402 g/mol. The van der Waals surface area contributed by atoms with Crippen LogP contribution in [0.2, 0.25) is 5.02 Å². The molecule has 0 heterocycles. The number of hydrogen-bond acceptors (Lipinski definition) is 4. The quantitative estimate of drug-likeness (QED) is 0.653. The third-order valence-corrected chi connectivity index (χ3v) is 4.36. The Labute approximate surface area is 168 Å². The van der Waals surface area contributed by atoms with Gasteiger partial charge in [-0.15, -0.1) is 0 Å². The molecule has 0 aliphatic carbocycles. The number of nitrogens with zero attached hydrogens (tertiary/aromatic N) is 2. The summed E-state index contributed by atoms with van der Waals surface area (Å²) >= 11 is 5.90. The highest BCUT2D eigenvalue weighted by atomic mass is 35.5. The Balaban J connectivity index is 2.07. The summed E-state index contributed by atoms with van der Waals surface area (Å²) in [6, 6.07) is 11.7. The first kappa shape index (κ1) is 21.4. The number of halogens is 2. The van der Waals surface area contributed by atoms with E-state index in [9.17, 15) is 14.0 Å². The molecule has 0 aliphatic heterocycles. The van der Waals surface area contributed by atoms with E-state index in [1.165, 1.54) is 23.1 Å². The van der Waals surface area contributed by atoms with Crippen LogP contribution in [0.3, 0.4) is 0 Å². The van der Waals surface area contributed by atoms with E-state index in [-0.39, 0.29) is 30.0 Å². The average molecular weight is 403 g/mol. The second-order valence-electron chi connectivity index (χ2n) is 6.34. The van der Waals surface area contributed by atoms with Crippen molar-refractivity contribution in [3.8, 4) is 6.07 Å². The number of rotatable bonds is 7. The lowest BCUT2D eigenvalue weighted by Gasteiger charge is -2.22. The van der Waals surface area contributed by atoms with Gasteiger partial charge < -0.3 is 9.64 Å². The largest absolute Gasteiger partial charge is 0.455 e. The van der Waals surface area contributed by atoms with Gasteiger partial charge in [0, 0.05) is 22.8 Å². The van der Waals surface area contributed by atoms with Crippen LogP contribution in [-0.4, -0.2) is 25.0 Å². The summed E-state index contributed by atoms with van der Waals surface area (Å²) in [5.41, 5.74) is 2.59. The predicted octanol–water partition coefficient (Wildman–Crippen LogP) is 4.13. The topological polar surface area (TPSA) is 70.4 Å². The van der Waals surface area contributed by atoms with Crippen molar-refractivity contribution in [1.29, 1.82) is 5.26 Å². The molecule has 0 bridgehead atoms. The molecule has 2 rings (SSSR count). The maximum atomic E-state index is 13.8. The van der Waals surface area contributed by atoms with Crippen LogP contribution in [0.15, 0.2) is 36.4 Å². The Hall–Kier alpha value is -2.91. The highest BCUT2D eigenvalue weighted by Crippen LogP contribution is 2.21. The zero-order valence-electron chi connectivity index (χ0n) is 15.7. The molecule has 5 nitrogen and oxygen atoms in total. The zero-order valence-corrected chi connectivity index (χ0v) is 16.4. The molecule has 0 unspecified atom stereocenters. The fourth-order valence-electron chi connectivity index (χ4n) is 2.78. The highest BCUT2D eigenvalue weighted by molar-refractivity contribution is 6.31. The number of esters is 1. The third kappa shape index (κ3) is 5.80. The maximum Gasteiger partial charge on any atom is 0.310 e. The van der Waals surface area contributed by atoms with Crippen LogP contribution in [0.1, 0.15) is 23.1 Å². The van der Waals surface area contributed by atoms with Crippen LogP contribution in [-0.2, 0) is 20.7 Å². The smallest absolute Gasteiger partial charge is 0.310 e. The number of carbonyl (C=O) groups excluding carboxylic acids is 2. The van der Waals surface area contributed by atoms with Gasteiger partial charge in [0.2, 0.25) is 0 Å². The standard InChI is InChI=1S/C21H20ClFN2O3/c1-14-9-15(2)11-16(10-14)25(8-4-7-24)20(26)13-28-21(27)12-17-18(22)5-3-6-19(17)23/h3,5-6,9-11H,4,8,12-13H2,1-2H3. The van der Waals surface area contributed by atoms with E-state index >= 15 is 0 Å². The molecule has 146 valence electrons. The molecular weight excluding hydrogens is 383 g/mol. The van der Waals surface area contributed by atoms with Crippen molar-refractivity contribution in [2.75, 3.05) is 18.1 Å². The van der Waals surface area contributed by atoms with E-state index in [0.717, 1.165) is 11.1 Å². The van der Waals surface area contributed by atoms with Crippen molar-refractivity contribution in [3.63, 3.8) is 0 Å². The van der Waals surface area contributed by atoms with Crippen molar-refractivity contribution in [2.45, 2.75) is 26.7 Å². The molecule has 28 heavy (non-hydrogen) atoms. The van der Waals surface area contributed by atoms with Gasteiger partial charge in [0.25, 0.3) is 5.91 Å². The van der Waals surface area contributed by atoms with Gasteiger partial charge in [-0.3, -0.25) is 9.59 Å². The Morgan fingerprint density at radius 2 is 1.89 bits per heavy atom. The second kappa shape index (κ2) is 9.86. The normalized spacial score (nSPS) is 10.2. The fraction of sp³-hybridized carbons (Fsp3) is 0.286. The minimum atomic E-state index is -0.763. The molecule has 0 spiro atoms. The lowest BCUT2D eigenvalue weighted by molar-refractivity contribution is -0.147. The minimum Gasteiger partial charge on any atom is -0.455 e. The summed E-state index contributed by atoms with van der Waals surface area (Å²) in [5.74, 6) is -1.84. The van der Waals surface area contributed by atoms with Crippen molar-refractivity contribution >= 4 is 29.2 Å². The Morgan fingerprint density at radius 1 is 1.21 bits per heavy atom. The number of aryl methyl sites for hydroxylation is 2. The first-order valence-corrected chi connectivity index (χ1v) is 9.03. The summed E-state index contributed by atoms with van der Waals surface area (Å²) in [6.45, 7) is 3.47. The van der Waals surface area contributed by atoms with E-state index in [2.05, 4.69) is 0 Å². The second-order valence-corrected chi connectivity index (χ2v) is 6.74. The van der Waals surface area contributed by atoms with E-state index in [4.69, 9.17) is 21.6 Å². The number of amides is 1. The molecule has 0 atom stereocenters. The van der Waals surface area contributed by atoms with E-state index < -0.39 is 24.3 Å². The van der Waals surface area contributed by atoms with Crippen molar-refractivity contribution in [2.24, 2.45) is 0 Å². The predicted molar refractivity (Wildman–Crippen MR) is 105 cm³/mol. The highest BCUT2D eigenvalue weighted by Gasteiger charge is 2.19. The summed E-state index contributed by atoms with van der Waals surface area (Å²) in [6.07, 6.45) is -0.238. The first-order chi connectivity index (χ1) is 13.3. The molecular formula is C21H20ClFN2O3.